The van der Waals surface area contributed by atoms with Crippen molar-refractivity contribution in [2.45, 2.75) is 19.3 Å². The fourth-order valence-corrected chi connectivity index (χ4v) is 3.53. The van der Waals surface area contributed by atoms with Gasteiger partial charge in [0.15, 0.2) is 11.6 Å². The van der Waals surface area contributed by atoms with Gasteiger partial charge >= 0.3 is 6.03 Å². The van der Waals surface area contributed by atoms with Gasteiger partial charge in [-0.25, -0.2) is 13.6 Å². The summed E-state index contributed by atoms with van der Waals surface area (Å²) in [5, 5.41) is 2.74. The number of morpholine rings is 1. The fourth-order valence-electron chi connectivity index (χ4n) is 3.53. The summed E-state index contributed by atoms with van der Waals surface area (Å²) in [6.45, 7) is 3.69. The number of halogens is 2. The summed E-state index contributed by atoms with van der Waals surface area (Å²) in [4.78, 5) is 28.3. The highest BCUT2D eigenvalue weighted by Crippen LogP contribution is 2.20. The number of nitrogens with zero attached hydrogens (tertiary/aromatic N) is 2. The van der Waals surface area contributed by atoms with E-state index in [1.165, 1.54) is 12.1 Å². The summed E-state index contributed by atoms with van der Waals surface area (Å²) < 4.78 is 32.1. The molecule has 0 atom stereocenters. The van der Waals surface area contributed by atoms with Crippen molar-refractivity contribution in [1.82, 2.24) is 15.1 Å². The van der Waals surface area contributed by atoms with E-state index in [2.05, 4.69) is 5.32 Å². The van der Waals surface area contributed by atoms with Gasteiger partial charge in [-0.15, -0.1) is 0 Å². The molecule has 2 aliphatic rings. The molecule has 2 heterocycles. The molecule has 0 saturated carbocycles. The number of hydrogen-bond acceptors (Lipinski definition) is 3. The van der Waals surface area contributed by atoms with Crippen molar-refractivity contribution < 1.29 is 23.1 Å². The molecule has 6 nitrogen and oxygen atoms in total. The van der Waals surface area contributed by atoms with Crippen LogP contribution < -0.4 is 5.32 Å². The summed E-state index contributed by atoms with van der Waals surface area (Å²) in [6, 6.07) is 3.79. The van der Waals surface area contributed by atoms with Gasteiger partial charge in [-0.2, -0.15) is 0 Å². The van der Waals surface area contributed by atoms with Crippen LogP contribution in [0.3, 0.4) is 0 Å². The minimum absolute atomic E-state index is 0.0476. The smallest absolute Gasteiger partial charge is 0.317 e. The lowest BCUT2D eigenvalue weighted by atomic mass is 9.95. The monoisotopic (exact) mass is 381 g/mol. The summed E-state index contributed by atoms with van der Waals surface area (Å²) in [5.41, 5.74) is 0.241. The largest absolute Gasteiger partial charge is 0.378 e. The molecule has 2 saturated heterocycles. The Morgan fingerprint density at radius 1 is 1.07 bits per heavy atom. The van der Waals surface area contributed by atoms with Crippen LogP contribution in [-0.4, -0.2) is 67.7 Å². The first-order chi connectivity index (χ1) is 13.1. The van der Waals surface area contributed by atoms with Gasteiger partial charge in [-0.05, 0) is 30.9 Å². The van der Waals surface area contributed by atoms with Crippen molar-refractivity contribution >= 4 is 11.9 Å². The van der Waals surface area contributed by atoms with Crippen LogP contribution in [0.1, 0.15) is 18.4 Å². The lowest BCUT2D eigenvalue weighted by Crippen LogP contribution is -2.49. The van der Waals surface area contributed by atoms with Gasteiger partial charge in [0.05, 0.1) is 13.2 Å². The third-order valence-corrected chi connectivity index (χ3v) is 5.16. The van der Waals surface area contributed by atoms with Gasteiger partial charge < -0.3 is 19.9 Å². The Hall–Kier alpha value is -2.22. The van der Waals surface area contributed by atoms with Crippen LogP contribution >= 0.6 is 0 Å². The number of benzene rings is 1. The number of carbonyl (C=O) groups is 2. The molecule has 0 radical (unpaired) electrons. The van der Waals surface area contributed by atoms with Crippen molar-refractivity contribution in [3.05, 3.63) is 35.4 Å². The number of amides is 3. The molecule has 148 valence electrons. The van der Waals surface area contributed by atoms with Crippen molar-refractivity contribution in [3.8, 4) is 0 Å². The maximum atomic E-state index is 13.6. The van der Waals surface area contributed by atoms with Crippen LogP contribution in [-0.2, 0) is 16.0 Å². The highest BCUT2D eigenvalue weighted by Gasteiger charge is 2.30. The third kappa shape index (κ3) is 4.94. The molecule has 0 unspecified atom stereocenters. The van der Waals surface area contributed by atoms with Gasteiger partial charge in [-0.3, -0.25) is 4.79 Å². The van der Waals surface area contributed by atoms with E-state index in [0.29, 0.717) is 52.2 Å². The molecule has 2 aliphatic heterocycles. The SMILES string of the molecule is O=C(NCCc1cccc(F)c1F)N1CCC(C(=O)N2CCOCC2)CC1. The highest BCUT2D eigenvalue weighted by molar-refractivity contribution is 5.80. The lowest BCUT2D eigenvalue weighted by Gasteiger charge is -2.35. The Morgan fingerprint density at radius 3 is 2.48 bits per heavy atom. The average Bonchev–Trinajstić information content (AvgIpc) is 2.71. The van der Waals surface area contributed by atoms with E-state index in [9.17, 15) is 18.4 Å². The predicted octanol–water partition coefficient (Wildman–Crippen LogP) is 1.79. The summed E-state index contributed by atoms with van der Waals surface area (Å²) >= 11 is 0. The van der Waals surface area contributed by atoms with Gasteiger partial charge in [0.25, 0.3) is 0 Å². The summed E-state index contributed by atoms with van der Waals surface area (Å²) in [6.07, 6.45) is 1.51. The topological polar surface area (TPSA) is 61.9 Å². The van der Waals surface area contributed by atoms with Crippen LogP contribution in [0.4, 0.5) is 13.6 Å². The van der Waals surface area contributed by atoms with Gasteiger partial charge in [0, 0.05) is 38.6 Å². The first kappa shape index (κ1) is 19.5. The third-order valence-electron chi connectivity index (χ3n) is 5.16. The number of ether oxygens (including phenoxy) is 1. The van der Waals surface area contributed by atoms with Crippen LogP contribution in [0.5, 0.6) is 0 Å². The molecular formula is C19H25F2N3O3. The number of carbonyl (C=O) groups excluding carboxylic acids is 2. The van der Waals surface area contributed by atoms with Crippen molar-refractivity contribution in [2.75, 3.05) is 45.9 Å². The van der Waals surface area contributed by atoms with Gasteiger partial charge in [0.2, 0.25) is 5.91 Å². The van der Waals surface area contributed by atoms with E-state index < -0.39 is 11.6 Å². The number of nitrogens with one attached hydrogen (secondary N) is 1. The van der Waals surface area contributed by atoms with E-state index in [0.717, 1.165) is 6.07 Å². The highest BCUT2D eigenvalue weighted by atomic mass is 19.2. The molecule has 2 fully saturated rings. The van der Waals surface area contributed by atoms with Crippen LogP contribution in [0.2, 0.25) is 0 Å². The molecule has 0 aliphatic carbocycles. The Kier molecular flexibility index (Phi) is 6.60. The zero-order chi connectivity index (χ0) is 19.2. The van der Waals surface area contributed by atoms with Gasteiger partial charge in [0.1, 0.15) is 0 Å². The first-order valence-electron chi connectivity index (χ1n) is 9.38. The molecule has 1 aromatic carbocycles. The van der Waals surface area contributed by atoms with E-state index in [4.69, 9.17) is 4.74 Å². The zero-order valence-corrected chi connectivity index (χ0v) is 15.3. The number of piperidine rings is 1. The van der Waals surface area contributed by atoms with Gasteiger partial charge in [-0.1, -0.05) is 12.1 Å². The number of hydrogen-bond donors (Lipinski definition) is 1. The standard InChI is InChI=1S/C19H25F2N3O3/c20-16-3-1-2-14(17(16)21)4-7-22-19(26)24-8-5-15(6-9-24)18(25)23-10-12-27-13-11-23/h1-3,15H,4-13H2,(H,22,26). The normalized spacial score (nSPS) is 18.4. The second-order valence-corrected chi connectivity index (χ2v) is 6.89. The van der Waals surface area contributed by atoms with Crippen molar-refractivity contribution in [1.29, 1.82) is 0 Å². The molecule has 0 bridgehead atoms. The molecule has 0 aromatic heterocycles. The number of likely N-dealkylation sites (tertiary alicyclic amines) is 1. The Balaban J connectivity index is 1.40. The maximum Gasteiger partial charge on any atom is 0.317 e. The molecular weight excluding hydrogens is 356 g/mol. The van der Waals surface area contributed by atoms with Crippen molar-refractivity contribution in [3.63, 3.8) is 0 Å². The maximum absolute atomic E-state index is 13.6. The Morgan fingerprint density at radius 2 is 1.78 bits per heavy atom. The van der Waals surface area contributed by atoms with E-state index in [1.807, 2.05) is 4.90 Å². The molecule has 3 amide bonds. The first-order valence-corrected chi connectivity index (χ1v) is 9.38. The van der Waals surface area contributed by atoms with Crippen molar-refractivity contribution in [2.24, 2.45) is 5.92 Å². The lowest BCUT2D eigenvalue weighted by molar-refractivity contribution is -0.141. The number of urea groups is 1. The van der Waals surface area contributed by atoms with Crippen LogP contribution in [0, 0.1) is 17.6 Å². The average molecular weight is 381 g/mol. The minimum atomic E-state index is -0.883. The molecule has 8 heteroatoms. The quantitative estimate of drug-likeness (QED) is 0.865. The Labute approximate surface area is 157 Å². The second kappa shape index (κ2) is 9.12. The number of rotatable bonds is 4. The minimum Gasteiger partial charge on any atom is -0.378 e. The molecule has 0 spiro atoms. The molecule has 27 heavy (non-hydrogen) atoms. The zero-order valence-electron chi connectivity index (χ0n) is 15.3. The second-order valence-electron chi connectivity index (χ2n) is 6.89. The Bertz CT molecular complexity index is 672. The fraction of sp³-hybridized carbons (Fsp3) is 0.579. The predicted molar refractivity (Wildman–Crippen MR) is 95.2 cm³/mol. The summed E-state index contributed by atoms with van der Waals surface area (Å²) in [5.74, 6) is -1.64. The summed E-state index contributed by atoms with van der Waals surface area (Å²) in [7, 11) is 0. The van der Waals surface area contributed by atoms with Crippen LogP contribution in [0.15, 0.2) is 18.2 Å². The van der Waals surface area contributed by atoms with E-state index in [-0.39, 0.29) is 36.4 Å². The molecule has 1 aromatic rings. The van der Waals surface area contributed by atoms with E-state index in [1.54, 1.807) is 4.90 Å². The molecule has 1 N–H and O–H groups in total. The molecule has 3 rings (SSSR count). The van der Waals surface area contributed by atoms with E-state index >= 15 is 0 Å². The van der Waals surface area contributed by atoms with Crippen LogP contribution in [0.25, 0.3) is 0 Å².